The molecule has 8 heteroatoms. The Morgan fingerprint density at radius 1 is 1.10 bits per heavy atom. The molecular weight excluding hydrogens is 308 g/mol. The van der Waals surface area contributed by atoms with Crippen molar-refractivity contribution < 1.29 is 26.3 Å². The topological polar surface area (TPSA) is 3.24 Å². The van der Waals surface area contributed by atoms with E-state index in [2.05, 4.69) is 0 Å². The Bertz CT molecular complexity index is 454. The minimum absolute atomic E-state index is 0.102. The van der Waals surface area contributed by atoms with Gasteiger partial charge in [0.25, 0.3) is 0 Å². The first-order valence-corrected chi connectivity index (χ1v) is 6.12. The van der Waals surface area contributed by atoms with Gasteiger partial charge in [-0.2, -0.15) is 26.3 Å². The molecule has 0 saturated heterocycles. The van der Waals surface area contributed by atoms with Crippen LogP contribution in [0.3, 0.4) is 0 Å². The molecule has 114 valence electrons. The standard InChI is InChI=1S/C12H12ClF6N/c1-20(5-4-11(14,15)16)10-3-2-8(7-13)6-9(10)12(17,18)19/h2-3,6H,4-5,7H2,1H3. The minimum Gasteiger partial charge on any atom is -0.374 e. The summed E-state index contributed by atoms with van der Waals surface area (Å²) in [6.45, 7) is -0.549. The average Bonchev–Trinajstić information content (AvgIpc) is 2.33. The summed E-state index contributed by atoms with van der Waals surface area (Å²) in [7, 11) is 1.19. The quantitative estimate of drug-likeness (QED) is 0.567. The largest absolute Gasteiger partial charge is 0.418 e. The number of anilines is 1. The normalized spacial score (nSPS) is 12.6. The van der Waals surface area contributed by atoms with Crippen LogP contribution in [0, 0.1) is 0 Å². The molecule has 0 unspecified atom stereocenters. The van der Waals surface area contributed by atoms with Crippen molar-refractivity contribution in [2.24, 2.45) is 0 Å². The SMILES string of the molecule is CN(CCC(F)(F)F)c1ccc(CCl)cc1C(F)(F)F. The highest BCUT2D eigenvalue weighted by atomic mass is 35.5. The fourth-order valence-corrected chi connectivity index (χ4v) is 1.81. The van der Waals surface area contributed by atoms with Crippen LogP contribution in [0.5, 0.6) is 0 Å². The smallest absolute Gasteiger partial charge is 0.374 e. The van der Waals surface area contributed by atoms with Crippen molar-refractivity contribution in [2.45, 2.75) is 24.7 Å². The zero-order chi connectivity index (χ0) is 15.6. The molecule has 20 heavy (non-hydrogen) atoms. The molecule has 1 aromatic rings. The zero-order valence-corrected chi connectivity index (χ0v) is 11.2. The molecule has 0 heterocycles. The number of rotatable bonds is 4. The molecule has 0 fully saturated rings. The van der Waals surface area contributed by atoms with Gasteiger partial charge in [0.05, 0.1) is 12.0 Å². The predicted molar refractivity (Wildman–Crippen MR) is 64.9 cm³/mol. The maximum atomic E-state index is 12.9. The number of hydrogen-bond donors (Lipinski definition) is 0. The summed E-state index contributed by atoms with van der Waals surface area (Å²) in [5, 5.41) is 0. The van der Waals surface area contributed by atoms with E-state index in [1.165, 1.54) is 13.1 Å². The fraction of sp³-hybridized carbons (Fsp3) is 0.500. The average molecular weight is 320 g/mol. The second kappa shape index (κ2) is 6.11. The lowest BCUT2D eigenvalue weighted by atomic mass is 10.1. The fourth-order valence-electron chi connectivity index (χ4n) is 1.64. The van der Waals surface area contributed by atoms with E-state index >= 15 is 0 Å². The van der Waals surface area contributed by atoms with Gasteiger partial charge in [-0.15, -0.1) is 11.6 Å². The van der Waals surface area contributed by atoms with Crippen LogP contribution in [0.15, 0.2) is 18.2 Å². The minimum atomic E-state index is -4.65. The lowest BCUT2D eigenvalue weighted by Gasteiger charge is -2.24. The maximum Gasteiger partial charge on any atom is 0.418 e. The maximum absolute atomic E-state index is 12.9. The van der Waals surface area contributed by atoms with Gasteiger partial charge in [-0.3, -0.25) is 0 Å². The highest BCUT2D eigenvalue weighted by Crippen LogP contribution is 2.37. The van der Waals surface area contributed by atoms with Gasteiger partial charge in [-0.25, -0.2) is 0 Å². The van der Waals surface area contributed by atoms with Crippen LogP contribution in [-0.4, -0.2) is 19.8 Å². The molecule has 0 aliphatic carbocycles. The first kappa shape index (κ1) is 16.9. The van der Waals surface area contributed by atoms with Crippen molar-refractivity contribution in [1.29, 1.82) is 0 Å². The summed E-state index contributed by atoms with van der Waals surface area (Å²) in [5.41, 5.74) is -1.03. The van der Waals surface area contributed by atoms with E-state index in [9.17, 15) is 26.3 Å². The van der Waals surface area contributed by atoms with Gasteiger partial charge in [-0.1, -0.05) is 6.07 Å². The molecule has 1 rings (SSSR count). The number of halogens is 7. The van der Waals surface area contributed by atoms with Crippen LogP contribution in [-0.2, 0) is 12.1 Å². The Labute approximate surface area is 117 Å². The molecule has 0 aliphatic heterocycles. The van der Waals surface area contributed by atoms with Gasteiger partial charge in [0.15, 0.2) is 0 Å². The van der Waals surface area contributed by atoms with Crippen molar-refractivity contribution in [3.63, 3.8) is 0 Å². The van der Waals surface area contributed by atoms with Crippen LogP contribution in [0.25, 0.3) is 0 Å². The molecule has 1 nitrogen and oxygen atoms in total. The van der Waals surface area contributed by atoms with Crippen molar-refractivity contribution >= 4 is 17.3 Å². The number of alkyl halides is 7. The van der Waals surface area contributed by atoms with Crippen LogP contribution < -0.4 is 4.90 Å². The highest BCUT2D eigenvalue weighted by molar-refractivity contribution is 6.17. The second-order valence-corrected chi connectivity index (χ2v) is 4.54. The third-order valence-corrected chi connectivity index (χ3v) is 2.97. The number of hydrogen-bond acceptors (Lipinski definition) is 1. The Hall–Kier alpha value is -1.11. The van der Waals surface area contributed by atoms with E-state index in [4.69, 9.17) is 11.6 Å². The van der Waals surface area contributed by atoms with Crippen LogP contribution in [0.2, 0.25) is 0 Å². The van der Waals surface area contributed by atoms with Crippen molar-refractivity contribution in [3.05, 3.63) is 29.3 Å². The number of nitrogens with zero attached hydrogens (tertiary/aromatic N) is 1. The van der Waals surface area contributed by atoms with E-state index in [1.807, 2.05) is 0 Å². The molecule has 0 radical (unpaired) electrons. The van der Waals surface area contributed by atoms with Gasteiger partial charge in [0.1, 0.15) is 0 Å². The first-order valence-electron chi connectivity index (χ1n) is 5.58. The van der Waals surface area contributed by atoms with E-state index in [0.717, 1.165) is 17.0 Å². The molecule has 0 atom stereocenters. The van der Waals surface area contributed by atoms with E-state index < -0.39 is 30.9 Å². The molecular formula is C12H12ClF6N. The number of benzene rings is 1. The molecule has 0 N–H and O–H groups in total. The van der Waals surface area contributed by atoms with E-state index in [1.54, 1.807) is 0 Å². The highest BCUT2D eigenvalue weighted by Gasteiger charge is 2.35. The molecule has 0 aliphatic rings. The van der Waals surface area contributed by atoms with Crippen molar-refractivity contribution in [1.82, 2.24) is 0 Å². The zero-order valence-electron chi connectivity index (χ0n) is 10.4. The third kappa shape index (κ3) is 4.77. The van der Waals surface area contributed by atoms with Gasteiger partial charge in [-0.05, 0) is 17.7 Å². The molecule has 1 aromatic carbocycles. The lowest BCUT2D eigenvalue weighted by Crippen LogP contribution is -2.26. The Kier molecular flexibility index (Phi) is 5.18. The summed E-state index contributed by atoms with van der Waals surface area (Å²) >= 11 is 5.47. The summed E-state index contributed by atoms with van der Waals surface area (Å²) < 4.78 is 75.1. The van der Waals surface area contributed by atoms with E-state index in [0.29, 0.717) is 0 Å². The van der Waals surface area contributed by atoms with Crippen LogP contribution in [0.1, 0.15) is 17.5 Å². The molecule has 0 spiro atoms. The summed E-state index contributed by atoms with van der Waals surface area (Å²) in [5.74, 6) is -0.102. The van der Waals surface area contributed by atoms with Gasteiger partial charge >= 0.3 is 12.4 Å². The first-order chi connectivity index (χ1) is 9.04. The van der Waals surface area contributed by atoms with Gasteiger partial charge in [0, 0.05) is 25.2 Å². The molecule has 0 saturated carbocycles. The molecule has 0 amide bonds. The monoisotopic (exact) mass is 319 g/mol. The summed E-state index contributed by atoms with van der Waals surface area (Å²) in [6.07, 6.45) is -10.2. The van der Waals surface area contributed by atoms with Crippen LogP contribution in [0.4, 0.5) is 32.0 Å². The Morgan fingerprint density at radius 3 is 2.15 bits per heavy atom. The molecule has 0 bridgehead atoms. The predicted octanol–water partition coefficient (Wildman–Crippen LogP) is 4.83. The summed E-state index contributed by atoms with van der Waals surface area (Å²) in [6, 6.07) is 3.35. The van der Waals surface area contributed by atoms with Crippen LogP contribution >= 0.6 is 11.6 Å². The Balaban J connectivity index is 3.04. The third-order valence-electron chi connectivity index (χ3n) is 2.66. The van der Waals surface area contributed by atoms with Crippen molar-refractivity contribution in [2.75, 3.05) is 18.5 Å². The second-order valence-electron chi connectivity index (χ2n) is 4.27. The van der Waals surface area contributed by atoms with Crippen molar-refractivity contribution in [3.8, 4) is 0 Å². The molecule has 0 aromatic heterocycles. The summed E-state index contributed by atoms with van der Waals surface area (Å²) in [4.78, 5) is 0.939. The van der Waals surface area contributed by atoms with Gasteiger partial charge in [0.2, 0.25) is 0 Å². The Morgan fingerprint density at radius 2 is 1.70 bits per heavy atom. The van der Waals surface area contributed by atoms with Gasteiger partial charge < -0.3 is 4.90 Å². The van der Waals surface area contributed by atoms with E-state index in [-0.39, 0.29) is 17.1 Å². The lowest BCUT2D eigenvalue weighted by molar-refractivity contribution is -0.137.